The van der Waals surface area contributed by atoms with Gasteiger partial charge < -0.3 is 5.32 Å². The summed E-state index contributed by atoms with van der Waals surface area (Å²) in [6, 6.07) is 9.87. The molecule has 1 aromatic heterocycles. The maximum atomic E-state index is 12.6. The maximum absolute atomic E-state index is 12.6. The quantitative estimate of drug-likeness (QED) is 0.845. The van der Waals surface area contributed by atoms with Crippen molar-refractivity contribution < 1.29 is 4.79 Å². The van der Waals surface area contributed by atoms with Gasteiger partial charge >= 0.3 is 0 Å². The molecule has 0 bridgehead atoms. The van der Waals surface area contributed by atoms with E-state index in [4.69, 9.17) is 0 Å². The highest BCUT2D eigenvalue weighted by Crippen LogP contribution is 2.40. The normalized spacial score (nSPS) is 22.0. The Labute approximate surface area is 138 Å². The molecule has 0 radical (unpaired) electrons. The Bertz CT molecular complexity index is 689. The van der Waals surface area contributed by atoms with Gasteiger partial charge in [0.15, 0.2) is 0 Å². The molecule has 3 nitrogen and oxygen atoms in total. The smallest absolute Gasteiger partial charge is 0.227 e. The van der Waals surface area contributed by atoms with Crippen molar-refractivity contribution in [1.82, 2.24) is 4.98 Å². The number of fused-ring (bicyclic) bond motifs is 1. The van der Waals surface area contributed by atoms with Gasteiger partial charge in [-0.3, -0.25) is 9.78 Å². The third-order valence-corrected chi connectivity index (χ3v) is 5.21. The molecule has 3 rings (SSSR count). The zero-order valence-corrected chi connectivity index (χ0v) is 14.3. The monoisotopic (exact) mass is 310 g/mol. The summed E-state index contributed by atoms with van der Waals surface area (Å²) in [7, 11) is 0. The zero-order valence-electron chi connectivity index (χ0n) is 14.3. The van der Waals surface area contributed by atoms with Gasteiger partial charge in [-0.05, 0) is 49.1 Å². The van der Waals surface area contributed by atoms with Crippen molar-refractivity contribution in [2.75, 3.05) is 5.32 Å². The maximum Gasteiger partial charge on any atom is 0.227 e. The Hall–Kier alpha value is -1.90. The molecule has 122 valence electrons. The van der Waals surface area contributed by atoms with Gasteiger partial charge in [-0.25, -0.2) is 0 Å². The molecule has 0 atom stereocenters. The number of benzene rings is 1. The van der Waals surface area contributed by atoms with Crippen LogP contribution in [0, 0.1) is 17.3 Å². The van der Waals surface area contributed by atoms with Crippen LogP contribution in [0.15, 0.2) is 36.5 Å². The van der Waals surface area contributed by atoms with Crippen LogP contribution in [0.5, 0.6) is 0 Å². The SMILES string of the molecule is CC(C)(C)C1CCC(C(=O)Nc2cccc3cccnc23)CC1. The fraction of sp³-hybridized carbons (Fsp3) is 0.500. The van der Waals surface area contributed by atoms with Gasteiger partial charge in [0.25, 0.3) is 0 Å². The predicted molar refractivity (Wildman–Crippen MR) is 95.3 cm³/mol. The van der Waals surface area contributed by atoms with Crippen LogP contribution in [0.3, 0.4) is 0 Å². The first-order valence-corrected chi connectivity index (χ1v) is 8.60. The van der Waals surface area contributed by atoms with E-state index in [9.17, 15) is 4.79 Å². The number of aromatic nitrogens is 1. The van der Waals surface area contributed by atoms with E-state index in [2.05, 4.69) is 31.1 Å². The second-order valence-corrected chi connectivity index (χ2v) is 7.78. The van der Waals surface area contributed by atoms with Crippen LogP contribution in [0.4, 0.5) is 5.69 Å². The minimum absolute atomic E-state index is 0.132. The summed E-state index contributed by atoms with van der Waals surface area (Å²) in [6.45, 7) is 6.92. The first-order chi connectivity index (χ1) is 10.9. The van der Waals surface area contributed by atoms with Crippen LogP contribution >= 0.6 is 0 Å². The second-order valence-electron chi connectivity index (χ2n) is 7.78. The Balaban J connectivity index is 1.68. The van der Waals surface area contributed by atoms with Crippen LogP contribution in [0.2, 0.25) is 0 Å². The van der Waals surface area contributed by atoms with E-state index in [0.29, 0.717) is 5.41 Å². The number of pyridine rings is 1. The van der Waals surface area contributed by atoms with Crippen molar-refractivity contribution in [2.45, 2.75) is 46.5 Å². The highest BCUT2D eigenvalue weighted by Gasteiger charge is 2.32. The lowest BCUT2D eigenvalue weighted by molar-refractivity contribution is -0.121. The summed E-state index contributed by atoms with van der Waals surface area (Å²) in [6.07, 6.45) is 6.05. The average molecular weight is 310 g/mol. The molecule has 0 unspecified atom stereocenters. The fourth-order valence-electron chi connectivity index (χ4n) is 3.66. The van der Waals surface area contributed by atoms with Crippen molar-refractivity contribution in [2.24, 2.45) is 17.3 Å². The van der Waals surface area contributed by atoms with Gasteiger partial charge in [0.2, 0.25) is 5.91 Å². The zero-order chi connectivity index (χ0) is 16.4. The molecule has 23 heavy (non-hydrogen) atoms. The van der Waals surface area contributed by atoms with Crippen molar-refractivity contribution in [3.8, 4) is 0 Å². The van der Waals surface area contributed by atoms with E-state index < -0.39 is 0 Å². The molecule has 0 aliphatic heterocycles. The van der Waals surface area contributed by atoms with Crippen LogP contribution in [0.25, 0.3) is 10.9 Å². The van der Waals surface area contributed by atoms with E-state index in [1.807, 2.05) is 30.3 Å². The Kier molecular flexibility index (Phi) is 4.38. The van der Waals surface area contributed by atoms with Crippen LogP contribution < -0.4 is 5.32 Å². The van der Waals surface area contributed by atoms with Crippen molar-refractivity contribution in [3.05, 3.63) is 36.5 Å². The molecule has 1 heterocycles. The van der Waals surface area contributed by atoms with E-state index >= 15 is 0 Å². The molecule has 1 N–H and O–H groups in total. The largest absolute Gasteiger partial charge is 0.324 e. The fourth-order valence-corrected chi connectivity index (χ4v) is 3.66. The first-order valence-electron chi connectivity index (χ1n) is 8.60. The van der Waals surface area contributed by atoms with Crippen LogP contribution in [0.1, 0.15) is 46.5 Å². The molecule has 1 fully saturated rings. The molecule has 2 aromatic rings. The topological polar surface area (TPSA) is 42.0 Å². The number of hydrogen-bond acceptors (Lipinski definition) is 2. The van der Waals surface area contributed by atoms with Gasteiger partial charge in [0, 0.05) is 17.5 Å². The number of anilines is 1. The summed E-state index contributed by atoms with van der Waals surface area (Å²) in [5.74, 6) is 1.01. The standard InChI is InChI=1S/C20H26N2O/c1-20(2,3)16-11-9-15(10-12-16)19(23)22-17-8-4-6-14-7-5-13-21-18(14)17/h4-8,13,15-16H,9-12H2,1-3H3,(H,22,23). The van der Waals surface area contributed by atoms with Gasteiger partial charge in [0.05, 0.1) is 11.2 Å². The molecule has 1 amide bonds. The number of nitrogens with zero attached hydrogens (tertiary/aromatic N) is 1. The molecule has 1 saturated carbocycles. The minimum atomic E-state index is 0.132. The van der Waals surface area contributed by atoms with Crippen molar-refractivity contribution in [1.29, 1.82) is 0 Å². The lowest BCUT2D eigenvalue weighted by Crippen LogP contribution is -2.31. The molecule has 1 aliphatic rings. The van der Waals surface area contributed by atoms with Crippen molar-refractivity contribution in [3.63, 3.8) is 0 Å². The van der Waals surface area contributed by atoms with Crippen molar-refractivity contribution >= 4 is 22.5 Å². The Morgan fingerprint density at radius 1 is 1.09 bits per heavy atom. The summed E-state index contributed by atoms with van der Waals surface area (Å²) in [5, 5.41) is 4.16. The number of carbonyl (C=O) groups excluding carboxylic acids is 1. The number of nitrogens with one attached hydrogen (secondary N) is 1. The lowest BCUT2D eigenvalue weighted by atomic mass is 9.69. The van der Waals surface area contributed by atoms with E-state index in [1.165, 1.54) is 0 Å². The summed E-state index contributed by atoms with van der Waals surface area (Å²) >= 11 is 0. The van der Waals surface area contributed by atoms with Gasteiger partial charge in [-0.1, -0.05) is 39.0 Å². The lowest BCUT2D eigenvalue weighted by Gasteiger charge is -2.36. The number of para-hydroxylation sites is 1. The first kappa shape index (κ1) is 16.0. The Morgan fingerprint density at radius 3 is 2.48 bits per heavy atom. The van der Waals surface area contributed by atoms with Gasteiger partial charge in [-0.2, -0.15) is 0 Å². The summed E-state index contributed by atoms with van der Waals surface area (Å²) in [4.78, 5) is 17.0. The number of carbonyl (C=O) groups is 1. The van der Waals surface area contributed by atoms with E-state index in [-0.39, 0.29) is 11.8 Å². The van der Waals surface area contributed by atoms with Gasteiger partial charge in [0.1, 0.15) is 0 Å². The van der Waals surface area contributed by atoms with Crippen LogP contribution in [-0.2, 0) is 4.79 Å². The van der Waals surface area contributed by atoms with Gasteiger partial charge in [-0.15, -0.1) is 0 Å². The van der Waals surface area contributed by atoms with E-state index in [1.54, 1.807) is 6.20 Å². The number of rotatable bonds is 2. The molecule has 0 spiro atoms. The van der Waals surface area contributed by atoms with Crippen LogP contribution in [-0.4, -0.2) is 10.9 Å². The third kappa shape index (κ3) is 3.54. The second kappa shape index (κ2) is 6.31. The molecule has 3 heteroatoms. The average Bonchev–Trinajstić information content (AvgIpc) is 2.54. The van der Waals surface area contributed by atoms with E-state index in [0.717, 1.165) is 48.2 Å². The molecule has 0 saturated heterocycles. The number of hydrogen-bond donors (Lipinski definition) is 1. The molecule has 1 aliphatic carbocycles. The summed E-state index contributed by atoms with van der Waals surface area (Å²) < 4.78 is 0. The Morgan fingerprint density at radius 2 is 1.78 bits per heavy atom. The number of amides is 1. The minimum Gasteiger partial charge on any atom is -0.324 e. The predicted octanol–water partition coefficient (Wildman–Crippen LogP) is 5.03. The summed E-state index contributed by atoms with van der Waals surface area (Å²) in [5.41, 5.74) is 2.04. The highest BCUT2D eigenvalue weighted by atomic mass is 16.1. The molecule has 1 aromatic carbocycles. The molecular formula is C20H26N2O. The highest BCUT2D eigenvalue weighted by molar-refractivity contribution is 6.01. The molecular weight excluding hydrogens is 284 g/mol. The third-order valence-electron chi connectivity index (χ3n) is 5.21.